The Morgan fingerprint density at radius 1 is 1.45 bits per heavy atom. The van der Waals surface area contributed by atoms with Gasteiger partial charge < -0.3 is 10.1 Å². The molecule has 1 aliphatic rings. The molecule has 0 bridgehead atoms. The molecular formula is C16H22N4O2. The number of nitrogens with zero attached hydrogens (tertiary/aromatic N) is 3. The Labute approximate surface area is 129 Å². The molecule has 0 aliphatic heterocycles. The SMILES string of the molecule is CCOC(=O)c1cnc2c(cnn2C)c1NC1CCC(C)C1. The lowest BCUT2D eigenvalue weighted by Gasteiger charge is -2.17. The van der Waals surface area contributed by atoms with Crippen LogP contribution < -0.4 is 5.32 Å². The molecule has 1 aliphatic carbocycles. The van der Waals surface area contributed by atoms with Crippen molar-refractivity contribution in [3.05, 3.63) is 18.0 Å². The molecule has 0 radical (unpaired) electrons. The van der Waals surface area contributed by atoms with Crippen molar-refractivity contribution >= 4 is 22.7 Å². The van der Waals surface area contributed by atoms with Gasteiger partial charge in [0.2, 0.25) is 0 Å². The molecule has 1 fully saturated rings. The number of rotatable bonds is 4. The van der Waals surface area contributed by atoms with Crippen molar-refractivity contribution in [2.75, 3.05) is 11.9 Å². The summed E-state index contributed by atoms with van der Waals surface area (Å²) >= 11 is 0. The minimum Gasteiger partial charge on any atom is -0.462 e. The normalized spacial score (nSPS) is 21.2. The first-order chi connectivity index (χ1) is 10.6. The van der Waals surface area contributed by atoms with E-state index in [-0.39, 0.29) is 5.97 Å². The van der Waals surface area contributed by atoms with E-state index < -0.39 is 0 Å². The standard InChI is InChI=1S/C16H22N4O2/c1-4-22-16(21)13-8-17-15-12(9-18-20(15)3)14(13)19-11-6-5-10(2)7-11/h8-11H,4-7H2,1-3H3,(H,17,19). The molecule has 2 aromatic rings. The van der Waals surface area contributed by atoms with Crippen LogP contribution in [-0.2, 0) is 11.8 Å². The Morgan fingerprint density at radius 2 is 2.27 bits per heavy atom. The minimum atomic E-state index is -0.339. The van der Waals surface area contributed by atoms with E-state index in [0.29, 0.717) is 18.2 Å². The summed E-state index contributed by atoms with van der Waals surface area (Å²) in [6, 6.07) is 0.383. The molecule has 1 N–H and O–H groups in total. The highest BCUT2D eigenvalue weighted by molar-refractivity contribution is 6.04. The van der Waals surface area contributed by atoms with Crippen molar-refractivity contribution in [2.45, 2.75) is 39.2 Å². The maximum absolute atomic E-state index is 12.2. The van der Waals surface area contributed by atoms with Gasteiger partial charge in [-0.25, -0.2) is 9.78 Å². The van der Waals surface area contributed by atoms with E-state index in [9.17, 15) is 4.79 Å². The second-order valence-corrected chi connectivity index (χ2v) is 6.03. The van der Waals surface area contributed by atoms with Gasteiger partial charge in [0.1, 0.15) is 5.56 Å². The number of carbonyl (C=O) groups excluding carboxylic acids is 1. The lowest BCUT2D eigenvalue weighted by molar-refractivity contribution is 0.0527. The lowest BCUT2D eigenvalue weighted by Crippen LogP contribution is -2.19. The maximum atomic E-state index is 12.2. The monoisotopic (exact) mass is 302 g/mol. The van der Waals surface area contributed by atoms with E-state index in [2.05, 4.69) is 22.3 Å². The second kappa shape index (κ2) is 5.94. The quantitative estimate of drug-likeness (QED) is 0.879. The zero-order valence-corrected chi connectivity index (χ0v) is 13.3. The van der Waals surface area contributed by atoms with Crippen LogP contribution in [0.15, 0.2) is 12.4 Å². The summed E-state index contributed by atoms with van der Waals surface area (Å²) in [6.07, 6.45) is 6.79. The zero-order chi connectivity index (χ0) is 15.7. The average molecular weight is 302 g/mol. The van der Waals surface area contributed by atoms with Crippen molar-refractivity contribution in [2.24, 2.45) is 13.0 Å². The van der Waals surface area contributed by atoms with Gasteiger partial charge in [-0.2, -0.15) is 5.10 Å². The first kappa shape index (κ1) is 14.8. The van der Waals surface area contributed by atoms with Crippen LogP contribution in [0.4, 0.5) is 5.69 Å². The first-order valence-electron chi connectivity index (χ1n) is 7.84. The molecule has 0 amide bonds. The van der Waals surface area contributed by atoms with Crippen molar-refractivity contribution in [3.63, 3.8) is 0 Å². The lowest BCUT2D eigenvalue weighted by atomic mass is 10.1. The summed E-state index contributed by atoms with van der Waals surface area (Å²) < 4.78 is 6.88. The molecule has 6 nitrogen and oxygen atoms in total. The molecular weight excluding hydrogens is 280 g/mol. The summed E-state index contributed by atoms with van der Waals surface area (Å²) in [5.74, 6) is 0.379. The molecule has 118 valence electrons. The Morgan fingerprint density at radius 3 is 2.95 bits per heavy atom. The average Bonchev–Trinajstić information content (AvgIpc) is 3.06. The maximum Gasteiger partial charge on any atom is 0.341 e. The summed E-state index contributed by atoms with van der Waals surface area (Å²) in [5.41, 5.74) is 2.05. The third kappa shape index (κ3) is 2.65. The van der Waals surface area contributed by atoms with Gasteiger partial charge in [0, 0.05) is 19.3 Å². The first-order valence-corrected chi connectivity index (χ1v) is 7.84. The topological polar surface area (TPSA) is 69.0 Å². The van der Waals surface area contributed by atoms with Gasteiger partial charge in [-0.3, -0.25) is 4.68 Å². The van der Waals surface area contributed by atoms with Crippen LogP contribution in [0.3, 0.4) is 0 Å². The number of aryl methyl sites for hydroxylation is 1. The number of esters is 1. The van der Waals surface area contributed by atoms with Gasteiger partial charge in [-0.1, -0.05) is 6.92 Å². The Hall–Kier alpha value is -2.11. The van der Waals surface area contributed by atoms with Gasteiger partial charge >= 0.3 is 5.97 Å². The van der Waals surface area contributed by atoms with Gasteiger partial charge in [-0.05, 0) is 32.1 Å². The fraction of sp³-hybridized carbons (Fsp3) is 0.562. The van der Waals surface area contributed by atoms with Crippen LogP contribution in [0.1, 0.15) is 43.5 Å². The van der Waals surface area contributed by atoms with Crippen LogP contribution in [-0.4, -0.2) is 33.4 Å². The van der Waals surface area contributed by atoms with Gasteiger partial charge in [0.05, 0.1) is 23.9 Å². The van der Waals surface area contributed by atoms with E-state index >= 15 is 0 Å². The van der Waals surface area contributed by atoms with Gasteiger partial charge in [0.25, 0.3) is 0 Å². The molecule has 6 heteroatoms. The number of hydrogen-bond acceptors (Lipinski definition) is 5. The molecule has 2 heterocycles. The molecule has 0 aromatic carbocycles. The third-order valence-corrected chi connectivity index (χ3v) is 4.30. The van der Waals surface area contributed by atoms with Crippen molar-refractivity contribution in [1.82, 2.24) is 14.8 Å². The van der Waals surface area contributed by atoms with Gasteiger partial charge in [0.15, 0.2) is 5.65 Å². The van der Waals surface area contributed by atoms with E-state index in [1.165, 1.54) is 6.42 Å². The molecule has 1 saturated carbocycles. The fourth-order valence-corrected chi connectivity index (χ4v) is 3.16. The number of anilines is 1. The van der Waals surface area contributed by atoms with Crippen molar-refractivity contribution in [3.8, 4) is 0 Å². The number of nitrogens with one attached hydrogen (secondary N) is 1. The van der Waals surface area contributed by atoms with Crippen molar-refractivity contribution in [1.29, 1.82) is 0 Å². The molecule has 22 heavy (non-hydrogen) atoms. The smallest absolute Gasteiger partial charge is 0.341 e. The number of fused-ring (bicyclic) bond motifs is 1. The molecule has 0 saturated heterocycles. The second-order valence-electron chi connectivity index (χ2n) is 6.03. The fourth-order valence-electron chi connectivity index (χ4n) is 3.16. The van der Waals surface area contributed by atoms with E-state index in [1.54, 1.807) is 24.0 Å². The summed E-state index contributed by atoms with van der Waals surface area (Å²) in [6.45, 7) is 4.42. The molecule has 2 atom stereocenters. The number of pyridine rings is 1. The third-order valence-electron chi connectivity index (χ3n) is 4.30. The summed E-state index contributed by atoms with van der Waals surface area (Å²) in [4.78, 5) is 16.6. The van der Waals surface area contributed by atoms with Crippen LogP contribution in [0.5, 0.6) is 0 Å². The van der Waals surface area contributed by atoms with Crippen LogP contribution in [0, 0.1) is 5.92 Å². The van der Waals surface area contributed by atoms with E-state index in [4.69, 9.17) is 4.74 Å². The van der Waals surface area contributed by atoms with Crippen LogP contribution in [0.2, 0.25) is 0 Å². The number of aromatic nitrogens is 3. The number of carbonyl (C=O) groups is 1. The predicted molar refractivity (Wildman–Crippen MR) is 84.9 cm³/mol. The molecule has 2 aromatic heterocycles. The highest BCUT2D eigenvalue weighted by Gasteiger charge is 2.25. The van der Waals surface area contributed by atoms with Crippen LogP contribution >= 0.6 is 0 Å². The van der Waals surface area contributed by atoms with E-state index in [0.717, 1.165) is 35.5 Å². The Kier molecular flexibility index (Phi) is 4.00. The predicted octanol–water partition coefficient (Wildman–Crippen LogP) is 2.75. The van der Waals surface area contributed by atoms with Crippen molar-refractivity contribution < 1.29 is 9.53 Å². The minimum absolute atomic E-state index is 0.339. The van der Waals surface area contributed by atoms with E-state index in [1.807, 2.05) is 7.05 Å². The number of ether oxygens (including phenoxy) is 1. The largest absolute Gasteiger partial charge is 0.462 e. The van der Waals surface area contributed by atoms with Crippen LogP contribution in [0.25, 0.3) is 11.0 Å². The Balaban J connectivity index is 2.02. The molecule has 0 spiro atoms. The summed E-state index contributed by atoms with van der Waals surface area (Å²) in [7, 11) is 1.85. The zero-order valence-electron chi connectivity index (χ0n) is 13.3. The molecule has 3 rings (SSSR count). The molecule has 2 unspecified atom stereocenters. The summed E-state index contributed by atoms with van der Waals surface area (Å²) in [5, 5.41) is 8.66. The highest BCUT2D eigenvalue weighted by Crippen LogP contribution is 2.32. The number of hydrogen-bond donors (Lipinski definition) is 1. The Bertz CT molecular complexity index is 695. The van der Waals surface area contributed by atoms with Gasteiger partial charge in [-0.15, -0.1) is 0 Å². The highest BCUT2D eigenvalue weighted by atomic mass is 16.5.